The molecule has 0 aliphatic heterocycles. The summed E-state index contributed by atoms with van der Waals surface area (Å²) in [6.07, 6.45) is 3.54. The lowest BCUT2D eigenvalue weighted by Gasteiger charge is -2.32. The summed E-state index contributed by atoms with van der Waals surface area (Å²) in [5.74, 6) is 0.288. The van der Waals surface area contributed by atoms with Crippen LogP contribution in [0.3, 0.4) is 0 Å². The summed E-state index contributed by atoms with van der Waals surface area (Å²) in [7, 11) is 4.08. The molecule has 0 heterocycles. The molecule has 0 spiro atoms. The third-order valence-corrected chi connectivity index (χ3v) is 2.69. The van der Waals surface area contributed by atoms with Crippen molar-refractivity contribution in [3.63, 3.8) is 0 Å². The molecule has 0 atom stereocenters. The molecule has 0 N–H and O–H groups in total. The number of hydrogen-bond acceptors (Lipinski definition) is 2. The molecule has 0 aromatic carbocycles. The van der Waals surface area contributed by atoms with Crippen LogP contribution in [-0.4, -0.2) is 31.3 Å². The van der Waals surface area contributed by atoms with Crippen LogP contribution in [0, 0.1) is 5.41 Å². The molecule has 74 valence electrons. The Morgan fingerprint density at radius 3 is 2.62 bits per heavy atom. The fraction of sp³-hybridized carbons (Fsp3) is 0.727. The third kappa shape index (κ3) is 2.66. The van der Waals surface area contributed by atoms with Crippen molar-refractivity contribution in [3.05, 3.63) is 11.6 Å². The minimum atomic E-state index is 0.207. The second-order valence-electron chi connectivity index (χ2n) is 4.76. The normalized spacial score (nSPS) is 21.9. The molecule has 13 heavy (non-hydrogen) atoms. The van der Waals surface area contributed by atoms with Crippen LogP contribution >= 0.6 is 0 Å². The third-order valence-electron chi connectivity index (χ3n) is 2.69. The number of nitrogens with zero attached hydrogens (tertiary/aromatic N) is 1. The van der Waals surface area contributed by atoms with Crippen molar-refractivity contribution < 1.29 is 4.79 Å². The van der Waals surface area contributed by atoms with E-state index in [1.54, 1.807) is 0 Å². The molecule has 2 nitrogen and oxygen atoms in total. The molecule has 0 fully saturated rings. The van der Waals surface area contributed by atoms with Crippen molar-refractivity contribution in [1.82, 2.24) is 4.90 Å². The highest BCUT2D eigenvalue weighted by molar-refractivity contribution is 5.91. The van der Waals surface area contributed by atoms with E-state index in [0.717, 1.165) is 13.0 Å². The highest BCUT2D eigenvalue weighted by Crippen LogP contribution is 2.35. The van der Waals surface area contributed by atoms with E-state index < -0.39 is 0 Å². The van der Waals surface area contributed by atoms with Gasteiger partial charge in [-0.3, -0.25) is 4.79 Å². The average Bonchev–Trinajstić information content (AvgIpc) is 1.97. The standard InChI is InChI=1S/C11H19NO/c1-11(2)6-5-10(13)7-9(11)8-12(3)4/h7H,5-6,8H2,1-4H3. The van der Waals surface area contributed by atoms with Crippen LogP contribution in [0.15, 0.2) is 11.6 Å². The van der Waals surface area contributed by atoms with Gasteiger partial charge in [0.15, 0.2) is 5.78 Å². The van der Waals surface area contributed by atoms with Gasteiger partial charge in [0.05, 0.1) is 0 Å². The quantitative estimate of drug-likeness (QED) is 0.648. The molecule has 1 aliphatic carbocycles. The zero-order valence-corrected chi connectivity index (χ0v) is 9.05. The Kier molecular flexibility index (Phi) is 2.91. The van der Waals surface area contributed by atoms with Crippen molar-refractivity contribution in [2.75, 3.05) is 20.6 Å². The van der Waals surface area contributed by atoms with Crippen LogP contribution in [0.2, 0.25) is 0 Å². The predicted molar refractivity (Wildman–Crippen MR) is 54.7 cm³/mol. The second kappa shape index (κ2) is 3.62. The summed E-state index contributed by atoms with van der Waals surface area (Å²) in [4.78, 5) is 13.4. The number of rotatable bonds is 2. The summed E-state index contributed by atoms with van der Waals surface area (Å²) >= 11 is 0. The summed E-state index contributed by atoms with van der Waals surface area (Å²) in [6, 6.07) is 0. The first-order valence-electron chi connectivity index (χ1n) is 4.80. The molecule has 0 amide bonds. The van der Waals surface area contributed by atoms with Gasteiger partial charge in [0.25, 0.3) is 0 Å². The van der Waals surface area contributed by atoms with Gasteiger partial charge in [-0.05, 0) is 37.6 Å². The molecular weight excluding hydrogens is 162 g/mol. The van der Waals surface area contributed by atoms with Crippen molar-refractivity contribution in [1.29, 1.82) is 0 Å². The van der Waals surface area contributed by atoms with Gasteiger partial charge in [-0.15, -0.1) is 0 Å². The van der Waals surface area contributed by atoms with Crippen LogP contribution in [0.1, 0.15) is 26.7 Å². The van der Waals surface area contributed by atoms with Crippen LogP contribution in [-0.2, 0) is 4.79 Å². The van der Waals surface area contributed by atoms with E-state index in [9.17, 15) is 4.79 Å². The molecule has 0 saturated carbocycles. The average molecular weight is 181 g/mol. The first kappa shape index (κ1) is 10.5. The maximum absolute atomic E-state index is 11.2. The summed E-state index contributed by atoms with van der Waals surface area (Å²) in [6.45, 7) is 5.34. The highest BCUT2D eigenvalue weighted by atomic mass is 16.1. The monoisotopic (exact) mass is 181 g/mol. The smallest absolute Gasteiger partial charge is 0.155 e. The topological polar surface area (TPSA) is 20.3 Å². The second-order valence-corrected chi connectivity index (χ2v) is 4.76. The molecule has 0 aromatic heterocycles. The van der Waals surface area contributed by atoms with Crippen molar-refractivity contribution in [2.45, 2.75) is 26.7 Å². The lowest BCUT2D eigenvalue weighted by atomic mass is 9.75. The van der Waals surface area contributed by atoms with Gasteiger partial charge >= 0.3 is 0 Å². The molecule has 1 rings (SSSR count). The van der Waals surface area contributed by atoms with Gasteiger partial charge in [-0.2, -0.15) is 0 Å². The highest BCUT2D eigenvalue weighted by Gasteiger charge is 2.28. The van der Waals surface area contributed by atoms with Crippen molar-refractivity contribution in [2.24, 2.45) is 5.41 Å². The van der Waals surface area contributed by atoms with Gasteiger partial charge in [0, 0.05) is 13.0 Å². The van der Waals surface area contributed by atoms with Crippen molar-refractivity contribution >= 4 is 5.78 Å². The van der Waals surface area contributed by atoms with Gasteiger partial charge in [-0.1, -0.05) is 13.8 Å². The SMILES string of the molecule is CN(C)CC1=CC(=O)CCC1(C)C. The first-order valence-corrected chi connectivity index (χ1v) is 4.80. The Balaban J connectivity index is 2.81. The fourth-order valence-electron chi connectivity index (χ4n) is 1.66. The van der Waals surface area contributed by atoms with Gasteiger partial charge in [-0.25, -0.2) is 0 Å². The predicted octanol–water partition coefficient (Wildman–Crippen LogP) is 1.86. The van der Waals surface area contributed by atoms with Crippen LogP contribution in [0.25, 0.3) is 0 Å². The molecule has 1 aliphatic rings. The summed E-state index contributed by atoms with van der Waals surface area (Å²) in [5, 5.41) is 0. The molecule has 2 heteroatoms. The molecule has 0 saturated heterocycles. The number of ketones is 1. The number of carbonyl (C=O) groups is 1. The van der Waals surface area contributed by atoms with E-state index >= 15 is 0 Å². The zero-order valence-electron chi connectivity index (χ0n) is 9.05. The van der Waals surface area contributed by atoms with Gasteiger partial charge in [0.2, 0.25) is 0 Å². The summed E-state index contributed by atoms with van der Waals surface area (Å²) < 4.78 is 0. The Labute approximate surface area is 80.6 Å². The molecule has 0 aromatic rings. The minimum absolute atomic E-state index is 0.207. The van der Waals surface area contributed by atoms with E-state index in [4.69, 9.17) is 0 Å². The largest absolute Gasteiger partial charge is 0.305 e. The van der Waals surface area contributed by atoms with E-state index in [0.29, 0.717) is 6.42 Å². The van der Waals surface area contributed by atoms with E-state index in [-0.39, 0.29) is 11.2 Å². The Hall–Kier alpha value is -0.630. The number of allylic oxidation sites excluding steroid dienone is 1. The Morgan fingerprint density at radius 2 is 2.08 bits per heavy atom. The maximum Gasteiger partial charge on any atom is 0.155 e. The van der Waals surface area contributed by atoms with E-state index in [1.165, 1.54) is 5.57 Å². The fourth-order valence-corrected chi connectivity index (χ4v) is 1.66. The van der Waals surface area contributed by atoms with Crippen LogP contribution in [0.4, 0.5) is 0 Å². The Bertz CT molecular complexity index is 238. The lowest BCUT2D eigenvalue weighted by Crippen LogP contribution is -2.29. The van der Waals surface area contributed by atoms with Gasteiger partial charge < -0.3 is 4.90 Å². The number of hydrogen-bond donors (Lipinski definition) is 0. The first-order chi connectivity index (χ1) is 5.92. The van der Waals surface area contributed by atoms with E-state index in [2.05, 4.69) is 18.7 Å². The molecule has 0 radical (unpaired) electrons. The number of likely N-dealkylation sites (N-methyl/N-ethyl adjacent to an activating group) is 1. The minimum Gasteiger partial charge on any atom is -0.305 e. The molecule has 0 unspecified atom stereocenters. The lowest BCUT2D eigenvalue weighted by molar-refractivity contribution is -0.115. The van der Waals surface area contributed by atoms with Crippen molar-refractivity contribution in [3.8, 4) is 0 Å². The zero-order chi connectivity index (χ0) is 10.1. The van der Waals surface area contributed by atoms with Gasteiger partial charge in [0.1, 0.15) is 0 Å². The molecule has 0 bridgehead atoms. The van der Waals surface area contributed by atoms with Crippen LogP contribution in [0.5, 0.6) is 0 Å². The number of carbonyl (C=O) groups excluding carboxylic acids is 1. The molecular formula is C11H19NO. The summed E-state index contributed by atoms with van der Waals surface area (Å²) in [5.41, 5.74) is 1.48. The Morgan fingerprint density at radius 1 is 1.46 bits per heavy atom. The van der Waals surface area contributed by atoms with Crippen LogP contribution < -0.4 is 0 Å². The maximum atomic E-state index is 11.2. The van der Waals surface area contributed by atoms with E-state index in [1.807, 2.05) is 20.2 Å².